The van der Waals surface area contributed by atoms with Crippen LogP contribution in [0.3, 0.4) is 0 Å². The second-order valence-electron chi connectivity index (χ2n) is 4.84. The lowest BCUT2D eigenvalue weighted by Crippen LogP contribution is -2.21. The molecule has 0 saturated heterocycles. The van der Waals surface area contributed by atoms with Gasteiger partial charge in [-0.15, -0.1) is 0 Å². The Kier molecular flexibility index (Phi) is 8.05. The van der Waals surface area contributed by atoms with Gasteiger partial charge in [-0.3, -0.25) is 0 Å². The Morgan fingerprint density at radius 3 is 1.95 bits per heavy atom. The molecule has 2 rings (SSSR count). The average molecular weight is 267 g/mol. The monoisotopic (exact) mass is 267 g/mol. The van der Waals surface area contributed by atoms with Gasteiger partial charge in [0.2, 0.25) is 0 Å². The summed E-state index contributed by atoms with van der Waals surface area (Å²) in [6.45, 7) is 10.1. The fraction of sp³-hybridized carbons (Fsp3) is 0.444. The molecule has 0 amide bonds. The molecular formula is C18H26BN. The molecule has 2 heteroatoms. The summed E-state index contributed by atoms with van der Waals surface area (Å²) in [5.41, 5.74) is 1.32. The van der Waals surface area contributed by atoms with Crippen molar-refractivity contribution in [3.63, 3.8) is 0 Å². The van der Waals surface area contributed by atoms with E-state index >= 15 is 0 Å². The highest BCUT2D eigenvalue weighted by molar-refractivity contribution is 6.08. The summed E-state index contributed by atoms with van der Waals surface area (Å²) in [6.07, 6.45) is 1.68. The van der Waals surface area contributed by atoms with Crippen molar-refractivity contribution in [1.82, 2.24) is 4.90 Å². The van der Waals surface area contributed by atoms with Gasteiger partial charge < -0.3 is 4.90 Å². The third-order valence-electron chi connectivity index (χ3n) is 3.59. The minimum atomic E-state index is 0.721. The molecule has 0 heterocycles. The van der Waals surface area contributed by atoms with Crippen molar-refractivity contribution in [1.29, 1.82) is 0 Å². The Bertz CT molecular complexity index is 486. The van der Waals surface area contributed by atoms with Gasteiger partial charge in [-0.25, -0.2) is 0 Å². The van der Waals surface area contributed by atoms with Crippen LogP contribution >= 0.6 is 0 Å². The van der Waals surface area contributed by atoms with Crippen LogP contribution in [0.5, 0.6) is 0 Å². The van der Waals surface area contributed by atoms with E-state index in [1.807, 2.05) is 0 Å². The summed E-state index contributed by atoms with van der Waals surface area (Å²) >= 11 is 0. The number of aryl methyl sites for hydroxylation is 1. The first kappa shape index (κ1) is 16.8. The van der Waals surface area contributed by atoms with Crippen LogP contribution in [0.4, 0.5) is 0 Å². The Morgan fingerprint density at radius 2 is 1.45 bits per heavy atom. The second-order valence-corrected chi connectivity index (χ2v) is 4.84. The average Bonchev–Trinajstić information content (AvgIpc) is 2.50. The van der Waals surface area contributed by atoms with E-state index in [0.29, 0.717) is 0 Å². The molecule has 0 aliphatic heterocycles. The topological polar surface area (TPSA) is 3.24 Å². The fourth-order valence-corrected chi connectivity index (χ4v) is 2.23. The lowest BCUT2D eigenvalue weighted by Gasteiger charge is -2.13. The quantitative estimate of drug-likeness (QED) is 0.729. The van der Waals surface area contributed by atoms with E-state index in [1.165, 1.54) is 36.0 Å². The predicted molar refractivity (Wildman–Crippen MR) is 91.7 cm³/mol. The second kappa shape index (κ2) is 9.60. The number of hydrogen-bond acceptors (Lipinski definition) is 1. The van der Waals surface area contributed by atoms with Crippen molar-refractivity contribution in [2.75, 3.05) is 19.6 Å². The predicted octanol–water partition coefficient (Wildman–Crippen LogP) is 4.32. The highest BCUT2D eigenvalue weighted by Crippen LogP contribution is 2.16. The minimum Gasteiger partial charge on any atom is -0.304 e. The molecule has 0 N–H and O–H groups in total. The summed E-state index contributed by atoms with van der Waals surface area (Å²) in [4.78, 5) is 2.38. The van der Waals surface area contributed by atoms with Crippen molar-refractivity contribution in [3.05, 3.63) is 48.0 Å². The maximum absolute atomic E-state index is 5.50. The van der Waals surface area contributed by atoms with Crippen LogP contribution in [-0.2, 0) is 6.42 Å². The molecule has 20 heavy (non-hydrogen) atoms. The standard InChI is InChI=1S/C12H11B.C6H15N/c13-8-7-10-5-6-11-3-1-2-4-12(11)9-10;1-4-7(5-2)6-3/h1-6,9H,7-8H2;4-6H2,1-3H3. The minimum absolute atomic E-state index is 0.721. The molecule has 0 aliphatic carbocycles. The largest absolute Gasteiger partial charge is 0.304 e. The van der Waals surface area contributed by atoms with Crippen LogP contribution in [0.15, 0.2) is 42.5 Å². The Morgan fingerprint density at radius 1 is 0.850 bits per heavy atom. The molecule has 0 spiro atoms. The van der Waals surface area contributed by atoms with Crippen LogP contribution in [0.25, 0.3) is 10.8 Å². The van der Waals surface area contributed by atoms with Gasteiger partial charge in [0, 0.05) is 0 Å². The highest BCUT2D eigenvalue weighted by Gasteiger charge is 1.94. The molecule has 2 radical (unpaired) electrons. The highest BCUT2D eigenvalue weighted by atomic mass is 15.1. The van der Waals surface area contributed by atoms with E-state index in [9.17, 15) is 0 Å². The van der Waals surface area contributed by atoms with Gasteiger partial charge in [0.1, 0.15) is 0 Å². The smallest absolute Gasteiger partial charge is 0.0657 e. The van der Waals surface area contributed by atoms with Gasteiger partial charge in [0.25, 0.3) is 0 Å². The SMILES string of the molecule is CCN(CC)CC.[B]CCc1ccc2ccccc2c1. The van der Waals surface area contributed by atoms with Gasteiger partial charge in [0.05, 0.1) is 7.85 Å². The fourth-order valence-electron chi connectivity index (χ4n) is 2.23. The molecule has 0 saturated carbocycles. The van der Waals surface area contributed by atoms with Gasteiger partial charge >= 0.3 is 0 Å². The van der Waals surface area contributed by atoms with E-state index in [1.54, 1.807) is 0 Å². The normalized spacial score (nSPS) is 10.4. The van der Waals surface area contributed by atoms with Crippen molar-refractivity contribution in [3.8, 4) is 0 Å². The summed E-state index contributed by atoms with van der Waals surface area (Å²) < 4.78 is 0. The van der Waals surface area contributed by atoms with E-state index in [2.05, 4.69) is 68.1 Å². The Labute approximate surface area is 125 Å². The first-order valence-electron chi connectivity index (χ1n) is 7.65. The summed E-state index contributed by atoms with van der Waals surface area (Å²) in [7, 11) is 5.50. The summed E-state index contributed by atoms with van der Waals surface area (Å²) in [6, 6.07) is 14.9. The number of nitrogens with zero attached hydrogens (tertiary/aromatic N) is 1. The summed E-state index contributed by atoms with van der Waals surface area (Å²) in [5, 5.41) is 2.59. The van der Waals surface area contributed by atoms with Gasteiger partial charge in [-0.05, 0) is 42.4 Å². The first-order valence-corrected chi connectivity index (χ1v) is 7.65. The van der Waals surface area contributed by atoms with Crippen molar-refractivity contribution >= 4 is 18.6 Å². The number of fused-ring (bicyclic) bond motifs is 1. The third kappa shape index (κ3) is 5.38. The van der Waals surface area contributed by atoms with Crippen molar-refractivity contribution < 1.29 is 0 Å². The third-order valence-corrected chi connectivity index (χ3v) is 3.59. The van der Waals surface area contributed by atoms with Gasteiger partial charge in [-0.2, -0.15) is 0 Å². The molecule has 0 bridgehead atoms. The van der Waals surface area contributed by atoms with Crippen LogP contribution < -0.4 is 0 Å². The molecule has 0 unspecified atom stereocenters. The van der Waals surface area contributed by atoms with Crippen molar-refractivity contribution in [2.24, 2.45) is 0 Å². The molecule has 2 aromatic rings. The van der Waals surface area contributed by atoms with E-state index in [4.69, 9.17) is 7.85 Å². The van der Waals surface area contributed by atoms with Gasteiger partial charge in [0.15, 0.2) is 0 Å². The zero-order chi connectivity index (χ0) is 14.8. The molecule has 1 nitrogen and oxygen atoms in total. The van der Waals surface area contributed by atoms with Crippen LogP contribution in [0, 0.1) is 0 Å². The van der Waals surface area contributed by atoms with Crippen LogP contribution in [-0.4, -0.2) is 32.4 Å². The molecule has 0 atom stereocenters. The van der Waals surface area contributed by atoms with Crippen LogP contribution in [0.2, 0.25) is 6.32 Å². The lowest BCUT2D eigenvalue weighted by molar-refractivity contribution is 0.321. The molecule has 2 aromatic carbocycles. The number of benzene rings is 2. The lowest BCUT2D eigenvalue weighted by atomic mass is 9.96. The molecule has 0 aliphatic rings. The van der Waals surface area contributed by atoms with Crippen molar-refractivity contribution in [2.45, 2.75) is 33.5 Å². The number of hydrogen-bond donors (Lipinski definition) is 0. The number of rotatable bonds is 5. The Hall–Kier alpha value is -1.28. The van der Waals surface area contributed by atoms with Gasteiger partial charge in [-0.1, -0.05) is 69.6 Å². The molecule has 0 aromatic heterocycles. The molecular weight excluding hydrogens is 241 g/mol. The zero-order valence-electron chi connectivity index (χ0n) is 13.1. The summed E-state index contributed by atoms with van der Waals surface area (Å²) in [5.74, 6) is 0. The van der Waals surface area contributed by atoms with E-state index in [-0.39, 0.29) is 0 Å². The first-order chi connectivity index (χ1) is 9.74. The molecule has 106 valence electrons. The zero-order valence-corrected chi connectivity index (χ0v) is 13.1. The van der Waals surface area contributed by atoms with E-state index < -0.39 is 0 Å². The Balaban J connectivity index is 0.000000246. The maximum Gasteiger partial charge on any atom is 0.0657 e. The van der Waals surface area contributed by atoms with E-state index in [0.717, 1.165) is 12.7 Å². The maximum atomic E-state index is 5.50. The molecule has 0 fully saturated rings. The van der Waals surface area contributed by atoms with Crippen LogP contribution in [0.1, 0.15) is 26.3 Å².